The van der Waals surface area contributed by atoms with Crippen LogP contribution in [-0.2, 0) is 0 Å². The van der Waals surface area contributed by atoms with Crippen LogP contribution in [0.25, 0.3) is 0 Å². The summed E-state index contributed by atoms with van der Waals surface area (Å²) in [5.74, 6) is -0.822. The van der Waals surface area contributed by atoms with E-state index in [9.17, 15) is 13.9 Å². The van der Waals surface area contributed by atoms with Crippen LogP contribution in [0.15, 0.2) is 18.2 Å². The standard InChI is InChI=1S/C15H23F2NO/c1-4-10(2)8-11(3)18-9-14(19)15-12(16)6-5-7-13(15)17/h5-7,10-11,14,18-19H,4,8-9H2,1-3H3. The quantitative estimate of drug-likeness (QED) is 0.796. The number of hydrogen-bond acceptors (Lipinski definition) is 2. The lowest BCUT2D eigenvalue weighted by atomic mass is 10.00. The van der Waals surface area contributed by atoms with Gasteiger partial charge in [-0.2, -0.15) is 0 Å². The van der Waals surface area contributed by atoms with Crippen molar-refractivity contribution in [2.75, 3.05) is 6.54 Å². The smallest absolute Gasteiger partial charge is 0.131 e. The molecule has 19 heavy (non-hydrogen) atoms. The van der Waals surface area contributed by atoms with E-state index >= 15 is 0 Å². The van der Waals surface area contributed by atoms with Crippen LogP contribution < -0.4 is 5.32 Å². The highest BCUT2D eigenvalue weighted by Crippen LogP contribution is 2.20. The van der Waals surface area contributed by atoms with Crippen LogP contribution in [-0.4, -0.2) is 17.7 Å². The van der Waals surface area contributed by atoms with Crippen LogP contribution in [0.4, 0.5) is 8.78 Å². The molecule has 3 atom stereocenters. The average molecular weight is 271 g/mol. The first-order valence-electron chi connectivity index (χ1n) is 6.81. The molecule has 0 aromatic heterocycles. The second kappa shape index (κ2) is 7.56. The molecule has 108 valence electrons. The molecule has 3 unspecified atom stereocenters. The van der Waals surface area contributed by atoms with Gasteiger partial charge < -0.3 is 10.4 Å². The van der Waals surface area contributed by atoms with Crippen LogP contribution in [0.2, 0.25) is 0 Å². The van der Waals surface area contributed by atoms with Crippen molar-refractivity contribution in [3.63, 3.8) is 0 Å². The van der Waals surface area contributed by atoms with E-state index in [1.54, 1.807) is 0 Å². The number of nitrogens with one attached hydrogen (secondary N) is 1. The minimum absolute atomic E-state index is 0.148. The Hall–Kier alpha value is -1.00. The van der Waals surface area contributed by atoms with E-state index in [0.717, 1.165) is 25.0 Å². The van der Waals surface area contributed by atoms with E-state index in [4.69, 9.17) is 0 Å². The van der Waals surface area contributed by atoms with Gasteiger partial charge in [-0.05, 0) is 31.4 Å². The first-order chi connectivity index (χ1) is 8.95. The van der Waals surface area contributed by atoms with Gasteiger partial charge in [-0.15, -0.1) is 0 Å². The molecule has 4 heteroatoms. The molecule has 0 radical (unpaired) electrons. The molecule has 0 heterocycles. The topological polar surface area (TPSA) is 32.3 Å². The highest BCUT2D eigenvalue weighted by atomic mass is 19.1. The zero-order chi connectivity index (χ0) is 14.4. The van der Waals surface area contributed by atoms with Gasteiger partial charge in [0, 0.05) is 12.6 Å². The van der Waals surface area contributed by atoms with Gasteiger partial charge in [-0.25, -0.2) is 8.78 Å². The number of aliphatic hydroxyl groups is 1. The Balaban J connectivity index is 2.53. The number of hydrogen-bond donors (Lipinski definition) is 2. The highest BCUT2D eigenvalue weighted by molar-refractivity contribution is 5.22. The van der Waals surface area contributed by atoms with Crippen molar-refractivity contribution in [3.05, 3.63) is 35.4 Å². The van der Waals surface area contributed by atoms with Crippen molar-refractivity contribution < 1.29 is 13.9 Å². The maximum atomic E-state index is 13.5. The summed E-state index contributed by atoms with van der Waals surface area (Å²) in [6, 6.07) is 3.81. The van der Waals surface area contributed by atoms with E-state index < -0.39 is 17.7 Å². The number of benzene rings is 1. The van der Waals surface area contributed by atoms with Gasteiger partial charge >= 0.3 is 0 Å². The Morgan fingerprint density at radius 2 is 1.79 bits per heavy atom. The molecular formula is C15H23F2NO. The largest absolute Gasteiger partial charge is 0.387 e. The molecule has 1 rings (SSSR count). The molecule has 0 saturated carbocycles. The van der Waals surface area contributed by atoms with E-state index in [0.29, 0.717) is 5.92 Å². The van der Waals surface area contributed by atoms with E-state index in [1.807, 2.05) is 6.92 Å². The summed E-state index contributed by atoms with van der Waals surface area (Å²) in [6.45, 7) is 6.44. The van der Waals surface area contributed by atoms with Gasteiger partial charge in [0.1, 0.15) is 11.6 Å². The molecule has 0 bridgehead atoms. The van der Waals surface area contributed by atoms with E-state index in [-0.39, 0.29) is 18.2 Å². The van der Waals surface area contributed by atoms with Gasteiger partial charge in [-0.1, -0.05) is 26.3 Å². The summed E-state index contributed by atoms with van der Waals surface area (Å²) >= 11 is 0. The summed E-state index contributed by atoms with van der Waals surface area (Å²) in [6.07, 6.45) is 0.903. The molecule has 2 N–H and O–H groups in total. The first kappa shape index (κ1) is 16.1. The van der Waals surface area contributed by atoms with Crippen LogP contribution in [0.1, 0.15) is 45.3 Å². The highest BCUT2D eigenvalue weighted by Gasteiger charge is 2.18. The number of halogens is 2. The third-order valence-corrected chi connectivity index (χ3v) is 3.45. The zero-order valence-corrected chi connectivity index (χ0v) is 11.8. The second-order valence-corrected chi connectivity index (χ2v) is 5.21. The number of rotatable bonds is 7. The zero-order valence-electron chi connectivity index (χ0n) is 11.8. The van der Waals surface area contributed by atoms with Crippen LogP contribution in [0.5, 0.6) is 0 Å². The van der Waals surface area contributed by atoms with Crippen molar-refractivity contribution in [3.8, 4) is 0 Å². The van der Waals surface area contributed by atoms with Gasteiger partial charge in [0.25, 0.3) is 0 Å². The molecule has 0 aliphatic rings. The van der Waals surface area contributed by atoms with Gasteiger partial charge in [0.15, 0.2) is 0 Å². The Kier molecular flexibility index (Phi) is 6.38. The monoisotopic (exact) mass is 271 g/mol. The van der Waals surface area contributed by atoms with Crippen LogP contribution in [0, 0.1) is 17.6 Å². The van der Waals surface area contributed by atoms with Crippen LogP contribution >= 0.6 is 0 Å². The first-order valence-corrected chi connectivity index (χ1v) is 6.81. The molecule has 0 saturated heterocycles. The molecule has 0 aliphatic carbocycles. The summed E-state index contributed by atoms with van der Waals surface area (Å²) < 4.78 is 26.9. The minimum atomic E-state index is -1.17. The van der Waals surface area contributed by atoms with E-state index in [2.05, 4.69) is 19.2 Å². The lowest BCUT2D eigenvalue weighted by Gasteiger charge is -2.20. The van der Waals surface area contributed by atoms with Gasteiger partial charge in [-0.3, -0.25) is 0 Å². The molecule has 1 aromatic rings. The Bertz CT molecular complexity index is 377. The third-order valence-electron chi connectivity index (χ3n) is 3.45. The van der Waals surface area contributed by atoms with Crippen LogP contribution in [0.3, 0.4) is 0 Å². The molecule has 1 aromatic carbocycles. The van der Waals surface area contributed by atoms with Crippen molar-refractivity contribution in [2.24, 2.45) is 5.92 Å². The summed E-state index contributed by atoms with van der Waals surface area (Å²) in [5, 5.41) is 13.0. The second-order valence-electron chi connectivity index (χ2n) is 5.21. The fourth-order valence-electron chi connectivity index (χ4n) is 2.10. The Morgan fingerprint density at radius 1 is 1.21 bits per heavy atom. The lowest BCUT2D eigenvalue weighted by molar-refractivity contribution is 0.159. The maximum Gasteiger partial charge on any atom is 0.131 e. The fraction of sp³-hybridized carbons (Fsp3) is 0.600. The molecular weight excluding hydrogens is 248 g/mol. The SMILES string of the molecule is CCC(C)CC(C)NCC(O)c1c(F)cccc1F. The lowest BCUT2D eigenvalue weighted by Crippen LogP contribution is -2.32. The van der Waals surface area contributed by atoms with Crippen molar-refractivity contribution >= 4 is 0 Å². The molecule has 0 spiro atoms. The molecule has 0 amide bonds. The fourth-order valence-corrected chi connectivity index (χ4v) is 2.10. The predicted octanol–water partition coefficient (Wildman–Crippen LogP) is 3.41. The molecule has 0 aliphatic heterocycles. The van der Waals surface area contributed by atoms with Gasteiger partial charge in [0.2, 0.25) is 0 Å². The number of aliphatic hydroxyl groups excluding tert-OH is 1. The molecule has 0 fully saturated rings. The third kappa shape index (κ3) is 4.88. The maximum absolute atomic E-state index is 13.5. The van der Waals surface area contributed by atoms with Crippen molar-refractivity contribution in [1.29, 1.82) is 0 Å². The normalized spacial score (nSPS) is 16.1. The predicted molar refractivity (Wildman–Crippen MR) is 72.9 cm³/mol. The Morgan fingerprint density at radius 3 is 2.32 bits per heavy atom. The summed E-state index contributed by atoms with van der Waals surface area (Å²) in [5.41, 5.74) is -0.259. The average Bonchev–Trinajstić information content (AvgIpc) is 2.36. The summed E-state index contributed by atoms with van der Waals surface area (Å²) in [4.78, 5) is 0. The summed E-state index contributed by atoms with van der Waals surface area (Å²) in [7, 11) is 0. The van der Waals surface area contributed by atoms with E-state index in [1.165, 1.54) is 6.07 Å². The van der Waals surface area contributed by atoms with Crippen molar-refractivity contribution in [2.45, 2.75) is 45.8 Å². The molecule has 2 nitrogen and oxygen atoms in total. The van der Waals surface area contributed by atoms with Crippen molar-refractivity contribution in [1.82, 2.24) is 5.32 Å². The Labute approximate surface area is 113 Å². The minimum Gasteiger partial charge on any atom is -0.387 e. The van der Waals surface area contributed by atoms with Gasteiger partial charge in [0.05, 0.1) is 11.7 Å².